The van der Waals surface area contributed by atoms with Crippen LogP contribution in [0.25, 0.3) is 22.8 Å². The third-order valence-corrected chi connectivity index (χ3v) is 2.38. The minimum atomic E-state index is -0.00103. The Morgan fingerprint density at radius 1 is 1.06 bits per heavy atom. The van der Waals surface area contributed by atoms with Gasteiger partial charge in [-0.05, 0) is 18.2 Å². The van der Waals surface area contributed by atoms with Crippen molar-refractivity contribution in [3.63, 3.8) is 0 Å². The molecule has 6 nitrogen and oxygen atoms in total. The minimum Gasteiger partial charge on any atom is -0.505 e. The van der Waals surface area contributed by atoms with Crippen molar-refractivity contribution in [2.24, 2.45) is 0 Å². The van der Waals surface area contributed by atoms with E-state index in [4.69, 9.17) is 4.52 Å². The molecule has 1 N–H and O–H groups in total. The molecule has 0 atom stereocenters. The van der Waals surface area contributed by atoms with Gasteiger partial charge in [0, 0.05) is 24.2 Å². The average molecular weight is 240 g/mol. The third kappa shape index (κ3) is 1.80. The second kappa shape index (κ2) is 4.25. The van der Waals surface area contributed by atoms with Gasteiger partial charge in [0.05, 0.1) is 11.8 Å². The lowest BCUT2D eigenvalue weighted by atomic mass is 10.2. The van der Waals surface area contributed by atoms with E-state index in [1.165, 1.54) is 6.20 Å². The molecular formula is C12H8N4O2. The number of aromatic nitrogens is 4. The van der Waals surface area contributed by atoms with Crippen LogP contribution in [0.4, 0.5) is 0 Å². The highest BCUT2D eigenvalue weighted by Gasteiger charge is 2.13. The predicted octanol–water partition coefficient (Wildman–Crippen LogP) is 1.90. The van der Waals surface area contributed by atoms with Gasteiger partial charge in [0.1, 0.15) is 5.75 Å². The molecule has 0 aromatic carbocycles. The van der Waals surface area contributed by atoms with Crippen LogP contribution < -0.4 is 0 Å². The maximum Gasteiger partial charge on any atom is 0.262 e. The molecule has 3 rings (SSSR count). The topological polar surface area (TPSA) is 84.9 Å². The van der Waals surface area contributed by atoms with Gasteiger partial charge in [0.15, 0.2) is 0 Å². The van der Waals surface area contributed by atoms with Gasteiger partial charge in [-0.25, -0.2) is 0 Å². The van der Waals surface area contributed by atoms with Crippen molar-refractivity contribution in [1.82, 2.24) is 20.1 Å². The zero-order valence-corrected chi connectivity index (χ0v) is 9.19. The SMILES string of the molecule is Oc1cnccc1-c1nc(-c2cccnc2)no1. The fourth-order valence-corrected chi connectivity index (χ4v) is 1.51. The molecule has 0 saturated carbocycles. The first-order valence-electron chi connectivity index (χ1n) is 5.22. The first kappa shape index (κ1) is 10.4. The predicted molar refractivity (Wildman–Crippen MR) is 62.4 cm³/mol. The summed E-state index contributed by atoms with van der Waals surface area (Å²) in [5, 5.41) is 13.5. The van der Waals surface area contributed by atoms with Crippen molar-refractivity contribution < 1.29 is 9.63 Å². The van der Waals surface area contributed by atoms with E-state index in [0.717, 1.165) is 5.56 Å². The van der Waals surface area contributed by atoms with Crippen molar-refractivity contribution in [2.45, 2.75) is 0 Å². The fourth-order valence-electron chi connectivity index (χ4n) is 1.51. The van der Waals surface area contributed by atoms with Crippen molar-refractivity contribution in [2.75, 3.05) is 0 Å². The number of aromatic hydroxyl groups is 1. The average Bonchev–Trinajstić information content (AvgIpc) is 2.90. The summed E-state index contributed by atoms with van der Waals surface area (Å²) >= 11 is 0. The molecule has 3 heterocycles. The molecule has 0 amide bonds. The molecule has 0 bridgehead atoms. The number of hydrogen-bond acceptors (Lipinski definition) is 6. The molecule has 0 aliphatic carbocycles. The summed E-state index contributed by atoms with van der Waals surface area (Å²) in [5.41, 5.74) is 1.20. The lowest BCUT2D eigenvalue weighted by Gasteiger charge is -1.95. The van der Waals surface area contributed by atoms with Crippen LogP contribution in [0, 0.1) is 0 Å². The van der Waals surface area contributed by atoms with Crippen LogP contribution in [0.3, 0.4) is 0 Å². The Bertz CT molecular complexity index is 667. The zero-order chi connectivity index (χ0) is 12.4. The van der Waals surface area contributed by atoms with Gasteiger partial charge in [0.25, 0.3) is 5.89 Å². The van der Waals surface area contributed by atoms with Crippen LogP contribution in [0.5, 0.6) is 5.75 Å². The van der Waals surface area contributed by atoms with Gasteiger partial charge < -0.3 is 9.63 Å². The molecule has 0 aliphatic rings. The van der Waals surface area contributed by atoms with Crippen molar-refractivity contribution >= 4 is 0 Å². The molecule has 88 valence electrons. The summed E-state index contributed by atoms with van der Waals surface area (Å²) in [6.07, 6.45) is 6.17. The Hall–Kier alpha value is -2.76. The summed E-state index contributed by atoms with van der Waals surface area (Å²) < 4.78 is 5.11. The summed E-state index contributed by atoms with van der Waals surface area (Å²) in [4.78, 5) is 12.0. The molecule has 3 aromatic rings. The smallest absolute Gasteiger partial charge is 0.262 e. The second-order valence-electron chi connectivity index (χ2n) is 3.56. The van der Waals surface area contributed by atoms with E-state index >= 15 is 0 Å². The van der Waals surface area contributed by atoms with Gasteiger partial charge >= 0.3 is 0 Å². The molecule has 0 saturated heterocycles. The monoisotopic (exact) mass is 240 g/mol. The van der Waals surface area contributed by atoms with Gasteiger partial charge in [-0.3, -0.25) is 9.97 Å². The highest BCUT2D eigenvalue weighted by atomic mass is 16.5. The largest absolute Gasteiger partial charge is 0.505 e. The molecular weight excluding hydrogens is 232 g/mol. The molecule has 6 heteroatoms. The second-order valence-corrected chi connectivity index (χ2v) is 3.56. The molecule has 18 heavy (non-hydrogen) atoms. The van der Waals surface area contributed by atoms with E-state index < -0.39 is 0 Å². The van der Waals surface area contributed by atoms with Gasteiger partial charge in [-0.15, -0.1) is 0 Å². The van der Waals surface area contributed by atoms with Crippen molar-refractivity contribution in [3.8, 4) is 28.6 Å². The standard InChI is InChI=1S/C12H8N4O2/c17-10-7-14-5-3-9(10)12-15-11(16-18-12)8-2-1-4-13-6-8/h1-7,17H. The fraction of sp³-hybridized carbons (Fsp3) is 0. The third-order valence-electron chi connectivity index (χ3n) is 2.38. The molecule has 0 radical (unpaired) electrons. The van der Waals surface area contributed by atoms with Crippen molar-refractivity contribution in [3.05, 3.63) is 43.0 Å². The normalized spacial score (nSPS) is 10.4. The lowest BCUT2D eigenvalue weighted by Crippen LogP contribution is -1.83. The van der Waals surface area contributed by atoms with Crippen molar-refractivity contribution in [1.29, 1.82) is 0 Å². The molecule has 3 aromatic heterocycles. The van der Waals surface area contributed by atoms with E-state index in [0.29, 0.717) is 11.4 Å². The van der Waals surface area contributed by atoms with Gasteiger partial charge in [-0.2, -0.15) is 4.98 Å². The summed E-state index contributed by atoms with van der Waals surface area (Å²) in [5.74, 6) is 0.668. The minimum absolute atomic E-state index is 0.00103. The number of rotatable bonds is 2. The van der Waals surface area contributed by atoms with E-state index in [-0.39, 0.29) is 11.6 Å². The maximum absolute atomic E-state index is 9.64. The quantitative estimate of drug-likeness (QED) is 0.736. The number of hydrogen-bond donors (Lipinski definition) is 1. The Morgan fingerprint density at radius 3 is 2.72 bits per heavy atom. The van der Waals surface area contributed by atoms with E-state index in [9.17, 15) is 5.11 Å². The number of nitrogens with zero attached hydrogens (tertiary/aromatic N) is 4. The van der Waals surface area contributed by atoms with Gasteiger partial charge in [-0.1, -0.05) is 5.16 Å². The Morgan fingerprint density at radius 2 is 1.94 bits per heavy atom. The highest BCUT2D eigenvalue weighted by molar-refractivity contribution is 5.63. The Balaban J connectivity index is 2.03. The van der Waals surface area contributed by atoms with E-state index in [1.807, 2.05) is 6.07 Å². The lowest BCUT2D eigenvalue weighted by molar-refractivity contribution is 0.425. The molecule has 0 unspecified atom stereocenters. The highest BCUT2D eigenvalue weighted by Crippen LogP contribution is 2.27. The van der Waals surface area contributed by atoms with Gasteiger partial charge in [0.2, 0.25) is 5.82 Å². The van der Waals surface area contributed by atoms with Crippen LogP contribution in [0.15, 0.2) is 47.5 Å². The zero-order valence-electron chi connectivity index (χ0n) is 9.19. The Kier molecular flexibility index (Phi) is 2.45. The van der Waals surface area contributed by atoms with Crippen LogP contribution in [-0.4, -0.2) is 25.2 Å². The number of pyridine rings is 2. The summed E-state index contributed by atoms with van der Waals surface area (Å²) in [6, 6.07) is 5.22. The molecule has 0 fully saturated rings. The Labute approximate surface area is 102 Å². The maximum atomic E-state index is 9.64. The van der Waals surface area contributed by atoms with Crippen LogP contribution in [-0.2, 0) is 0 Å². The molecule has 0 spiro atoms. The first-order chi connectivity index (χ1) is 8.84. The van der Waals surface area contributed by atoms with E-state index in [1.54, 1.807) is 30.7 Å². The summed E-state index contributed by atoms with van der Waals surface area (Å²) in [6.45, 7) is 0. The molecule has 0 aliphatic heterocycles. The van der Waals surface area contributed by atoms with Crippen LogP contribution in [0.2, 0.25) is 0 Å². The first-order valence-corrected chi connectivity index (χ1v) is 5.22. The van der Waals surface area contributed by atoms with E-state index in [2.05, 4.69) is 20.1 Å². The summed E-state index contributed by atoms with van der Waals surface area (Å²) in [7, 11) is 0. The van der Waals surface area contributed by atoms with Crippen LogP contribution >= 0.6 is 0 Å². The van der Waals surface area contributed by atoms with Crippen LogP contribution in [0.1, 0.15) is 0 Å².